The van der Waals surface area contributed by atoms with Crippen molar-refractivity contribution in [3.05, 3.63) is 78.4 Å². The molecule has 0 aliphatic carbocycles. The van der Waals surface area contributed by atoms with E-state index in [9.17, 15) is 9.59 Å². The van der Waals surface area contributed by atoms with Crippen molar-refractivity contribution in [2.45, 2.75) is 45.7 Å². The van der Waals surface area contributed by atoms with E-state index in [4.69, 9.17) is 4.74 Å². The summed E-state index contributed by atoms with van der Waals surface area (Å²) >= 11 is 0. The summed E-state index contributed by atoms with van der Waals surface area (Å²) in [5.74, 6) is 0.308. The highest BCUT2D eigenvalue weighted by molar-refractivity contribution is 5.90. The van der Waals surface area contributed by atoms with Gasteiger partial charge in [0.05, 0.1) is 0 Å². The van der Waals surface area contributed by atoms with E-state index in [2.05, 4.69) is 5.32 Å². The Kier molecular flexibility index (Phi) is 8.26. The first-order valence-corrected chi connectivity index (χ1v) is 11.2. The Balaban J connectivity index is 1.73. The van der Waals surface area contributed by atoms with Crippen LogP contribution in [0.3, 0.4) is 0 Å². The smallest absolute Gasteiger partial charge is 0.261 e. The first-order valence-electron chi connectivity index (χ1n) is 11.2. The van der Waals surface area contributed by atoms with Crippen molar-refractivity contribution in [1.82, 2.24) is 10.2 Å². The molecule has 168 valence electrons. The number of amides is 2. The first kappa shape index (κ1) is 23.3. The molecule has 0 aliphatic rings. The van der Waals surface area contributed by atoms with Gasteiger partial charge in [0.15, 0.2) is 6.61 Å². The average molecular weight is 433 g/mol. The summed E-state index contributed by atoms with van der Waals surface area (Å²) in [6.45, 7) is 6.08. The lowest BCUT2D eigenvalue weighted by molar-refractivity contribution is -0.141. The maximum absolute atomic E-state index is 13.2. The van der Waals surface area contributed by atoms with Gasteiger partial charge in [0.25, 0.3) is 5.91 Å². The van der Waals surface area contributed by atoms with Crippen LogP contribution in [0.5, 0.6) is 5.75 Å². The first-order chi connectivity index (χ1) is 15.5. The van der Waals surface area contributed by atoms with E-state index < -0.39 is 6.04 Å². The number of nitrogens with one attached hydrogen (secondary N) is 1. The zero-order valence-electron chi connectivity index (χ0n) is 19.1. The molecule has 0 spiro atoms. The number of carbonyl (C=O) groups is 2. The van der Waals surface area contributed by atoms with Crippen molar-refractivity contribution in [1.29, 1.82) is 0 Å². The van der Waals surface area contributed by atoms with Gasteiger partial charge in [-0.1, -0.05) is 73.7 Å². The highest BCUT2D eigenvalue weighted by atomic mass is 16.5. The van der Waals surface area contributed by atoms with Crippen LogP contribution >= 0.6 is 0 Å². The van der Waals surface area contributed by atoms with E-state index >= 15 is 0 Å². The van der Waals surface area contributed by atoms with Crippen LogP contribution in [0.15, 0.2) is 72.8 Å². The molecule has 32 heavy (non-hydrogen) atoms. The maximum Gasteiger partial charge on any atom is 0.261 e. The van der Waals surface area contributed by atoms with Crippen molar-refractivity contribution in [2.24, 2.45) is 0 Å². The van der Waals surface area contributed by atoms with Gasteiger partial charge in [-0.05, 0) is 43.7 Å². The lowest BCUT2D eigenvalue weighted by atomic mass is 10.1. The molecule has 0 fully saturated rings. The highest BCUT2D eigenvalue weighted by Gasteiger charge is 2.26. The van der Waals surface area contributed by atoms with Crippen LogP contribution in [-0.4, -0.2) is 41.9 Å². The molecule has 0 saturated heterocycles. The van der Waals surface area contributed by atoms with Gasteiger partial charge < -0.3 is 15.0 Å². The molecule has 2 atom stereocenters. The van der Waals surface area contributed by atoms with E-state index in [1.807, 2.05) is 86.6 Å². The number of benzene rings is 3. The normalized spacial score (nSPS) is 12.7. The summed E-state index contributed by atoms with van der Waals surface area (Å²) in [6.07, 6.45) is 1.50. The quantitative estimate of drug-likeness (QED) is 0.510. The van der Waals surface area contributed by atoms with Crippen molar-refractivity contribution < 1.29 is 14.3 Å². The van der Waals surface area contributed by atoms with Crippen LogP contribution in [0.2, 0.25) is 0 Å². The van der Waals surface area contributed by atoms with Crippen molar-refractivity contribution in [3.63, 3.8) is 0 Å². The van der Waals surface area contributed by atoms with Crippen LogP contribution in [-0.2, 0) is 16.0 Å². The van der Waals surface area contributed by atoms with Gasteiger partial charge in [-0.25, -0.2) is 0 Å². The van der Waals surface area contributed by atoms with E-state index in [1.165, 1.54) is 0 Å². The zero-order chi connectivity index (χ0) is 22.9. The third-order valence-corrected chi connectivity index (χ3v) is 5.75. The molecule has 0 aliphatic heterocycles. The molecule has 0 saturated carbocycles. The van der Waals surface area contributed by atoms with Crippen LogP contribution in [0.1, 0.15) is 32.8 Å². The number of rotatable bonds is 10. The molecule has 3 aromatic carbocycles. The van der Waals surface area contributed by atoms with Gasteiger partial charge in [-0.15, -0.1) is 0 Å². The minimum absolute atomic E-state index is 0.0583. The Hall–Kier alpha value is -3.34. The molecule has 1 N–H and O–H groups in total. The molecular formula is C27H32N2O3. The number of fused-ring (bicyclic) bond motifs is 1. The Labute approximate surface area is 190 Å². The number of carbonyl (C=O) groups excluding carboxylic acids is 2. The number of hydrogen-bond acceptors (Lipinski definition) is 3. The second-order valence-electron chi connectivity index (χ2n) is 8.08. The molecule has 0 bridgehead atoms. The van der Waals surface area contributed by atoms with E-state index in [1.54, 1.807) is 11.8 Å². The van der Waals surface area contributed by atoms with E-state index in [-0.39, 0.29) is 24.5 Å². The third kappa shape index (κ3) is 6.10. The standard InChI is InChI=1S/C27H32N2O3/c1-4-20(2)28-27(31)21(3)29(18-17-22-11-6-5-7-12-22)26(30)19-32-25-16-10-14-23-13-8-9-15-24(23)25/h5-16,20-21H,4,17-19H2,1-3H3,(H,28,31)/t20-,21-/m1/s1. The number of ether oxygens (including phenoxy) is 1. The molecule has 0 aromatic heterocycles. The fraction of sp³-hybridized carbons (Fsp3) is 0.333. The topological polar surface area (TPSA) is 58.6 Å². The second kappa shape index (κ2) is 11.3. The molecule has 3 rings (SSSR count). The van der Waals surface area contributed by atoms with Crippen LogP contribution in [0.4, 0.5) is 0 Å². The minimum Gasteiger partial charge on any atom is -0.483 e. The minimum atomic E-state index is -0.587. The summed E-state index contributed by atoms with van der Waals surface area (Å²) in [7, 11) is 0. The Morgan fingerprint density at radius 1 is 0.938 bits per heavy atom. The Morgan fingerprint density at radius 3 is 2.38 bits per heavy atom. The Morgan fingerprint density at radius 2 is 1.62 bits per heavy atom. The molecule has 0 radical (unpaired) electrons. The van der Waals surface area contributed by atoms with Crippen LogP contribution in [0, 0.1) is 0 Å². The van der Waals surface area contributed by atoms with Gasteiger partial charge in [0, 0.05) is 18.0 Å². The van der Waals surface area contributed by atoms with Crippen molar-refractivity contribution in [3.8, 4) is 5.75 Å². The number of hydrogen-bond donors (Lipinski definition) is 1. The Bertz CT molecular complexity index is 1030. The summed E-state index contributed by atoms with van der Waals surface area (Å²) in [4.78, 5) is 27.6. The van der Waals surface area contributed by atoms with Gasteiger partial charge in [-0.3, -0.25) is 9.59 Å². The molecule has 0 heterocycles. The molecule has 0 unspecified atom stereocenters. The lowest BCUT2D eigenvalue weighted by Crippen LogP contribution is -2.51. The van der Waals surface area contributed by atoms with Gasteiger partial charge in [0.2, 0.25) is 5.91 Å². The summed E-state index contributed by atoms with van der Waals surface area (Å²) < 4.78 is 5.92. The monoisotopic (exact) mass is 432 g/mol. The van der Waals surface area contributed by atoms with Gasteiger partial charge in [0.1, 0.15) is 11.8 Å². The fourth-order valence-electron chi connectivity index (χ4n) is 3.58. The summed E-state index contributed by atoms with van der Waals surface area (Å²) in [5, 5.41) is 5.00. The van der Waals surface area contributed by atoms with Crippen LogP contribution in [0.25, 0.3) is 10.8 Å². The lowest BCUT2D eigenvalue weighted by Gasteiger charge is -2.29. The third-order valence-electron chi connectivity index (χ3n) is 5.75. The molecule has 2 amide bonds. The fourth-order valence-corrected chi connectivity index (χ4v) is 3.58. The predicted octanol–water partition coefficient (Wildman–Crippen LogP) is 4.59. The number of nitrogens with zero attached hydrogens (tertiary/aromatic N) is 1. The van der Waals surface area contributed by atoms with Crippen molar-refractivity contribution in [2.75, 3.05) is 13.2 Å². The van der Waals surface area contributed by atoms with Crippen LogP contribution < -0.4 is 10.1 Å². The molecule has 5 heteroatoms. The molecule has 5 nitrogen and oxygen atoms in total. The zero-order valence-corrected chi connectivity index (χ0v) is 19.1. The van der Waals surface area contributed by atoms with E-state index in [0.29, 0.717) is 18.7 Å². The van der Waals surface area contributed by atoms with Crippen molar-refractivity contribution >= 4 is 22.6 Å². The summed E-state index contributed by atoms with van der Waals surface area (Å²) in [6, 6.07) is 23.1. The highest BCUT2D eigenvalue weighted by Crippen LogP contribution is 2.25. The predicted molar refractivity (Wildman–Crippen MR) is 129 cm³/mol. The summed E-state index contributed by atoms with van der Waals surface area (Å²) in [5.41, 5.74) is 1.12. The SMILES string of the molecule is CC[C@@H](C)NC(=O)[C@@H](C)N(CCc1ccccc1)C(=O)COc1cccc2ccccc12. The average Bonchev–Trinajstić information content (AvgIpc) is 2.83. The van der Waals surface area contributed by atoms with E-state index in [0.717, 1.165) is 22.8 Å². The largest absolute Gasteiger partial charge is 0.483 e. The van der Waals surface area contributed by atoms with Gasteiger partial charge >= 0.3 is 0 Å². The maximum atomic E-state index is 13.2. The second-order valence-corrected chi connectivity index (χ2v) is 8.08. The van der Waals surface area contributed by atoms with Gasteiger partial charge in [-0.2, -0.15) is 0 Å². The molecular weight excluding hydrogens is 400 g/mol. The molecule has 3 aromatic rings.